The second kappa shape index (κ2) is 9.45. The monoisotopic (exact) mass is 418 g/mol. The Morgan fingerprint density at radius 2 is 1.87 bits per heavy atom. The zero-order valence-corrected chi connectivity index (χ0v) is 17.4. The van der Waals surface area contributed by atoms with E-state index in [0.717, 1.165) is 28.8 Å². The first-order valence-corrected chi connectivity index (χ1v) is 10.6. The lowest BCUT2D eigenvalue weighted by Crippen LogP contribution is -2.22. The first-order valence-electron chi connectivity index (χ1n) is 9.65. The van der Waals surface area contributed by atoms with Gasteiger partial charge in [-0.15, -0.1) is 10.2 Å². The molecule has 7 heteroatoms. The molecule has 2 aromatic heterocycles. The van der Waals surface area contributed by atoms with E-state index >= 15 is 0 Å². The summed E-state index contributed by atoms with van der Waals surface area (Å²) in [5.41, 5.74) is 2.89. The summed E-state index contributed by atoms with van der Waals surface area (Å²) in [5, 5.41) is 12.3. The summed E-state index contributed by atoms with van der Waals surface area (Å²) >= 11 is 1.61. The molecule has 0 aliphatic carbocycles. The minimum absolute atomic E-state index is 0.124. The Morgan fingerprint density at radius 1 is 1.03 bits per heavy atom. The number of rotatable bonds is 8. The second-order valence-electron chi connectivity index (χ2n) is 6.85. The lowest BCUT2D eigenvalue weighted by molar-refractivity contribution is 0.0948. The Hall–Kier alpha value is -3.32. The smallest absolute Gasteiger partial charge is 0.251 e. The van der Waals surface area contributed by atoms with Crippen LogP contribution in [0.4, 0.5) is 0 Å². The molecule has 0 atom stereocenters. The van der Waals surface area contributed by atoms with Gasteiger partial charge in [0.2, 0.25) is 0 Å². The summed E-state index contributed by atoms with van der Waals surface area (Å²) in [6.45, 7) is 3.06. The largest absolute Gasteiger partial charge is 0.467 e. The molecule has 0 bridgehead atoms. The average molecular weight is 419 g/mol. The van der Waals surface area contributed by atoms with Crippen LogP contribution in [0.25, 0.3) is 0 Å². The van der Waals surface area contributed by atoms with E-state index < -0.39 is 0 Å². The van der Waals surface area contributed by atoms with Crippen LogP contribution in [0.15, 0.2) is 82.6 Å². The van der Waals surface area contributed by atoms with Gasteiger partial charge in [0.1, 0.15) is 11.6 Å². The van der Waals surface area contributed by atoms with E-state index in [-0.39, 0.29) is 5.91 Å². The van der Waals surface area contributed by atoms with Gasteiger partial charge < -0.3 is 14.3 Å². The van der Waals surface area contributed by atoms with E-state index in [1.807, 2.05) is 55.5 Å². The predicted molar refractivity (Wildman–Crippen MR) is 116 cm³/mol. The Balaban J connectivity index is 1.40. The number of aryl methyl sites for hydroxylation is 1. The molecule has 0 unspecified atom stereocenters. The molecule has 0 aliphatic heterocycles. The highest BCUT2D eigenvalue weighted by Crippen LogP contribution is 2.23. The molecule has 0 spiro atoms. The third-order valence-corrected chi connectivity index (χ3v) is 5.68. The Labute approximate surface area is 179 Å². The van der Waals surface area contributed by atoms with Crippen LogP contribution in [-0.2, 0) is 18.8 Å². The molecule has 152 valence electrons. The Kier molecular flexibility index (Phi) is 6.29. The third-order valence-electron chi connectivity index (χ3n) is 4.65. The number of hydrogen-bond donors (Lipinski definition) is 1. The number of aromatic nitrogens is 3. The zero-order valence-electron chi connectivity index (χ0n) is 16.6. The topological polar surface area (TPSA) is 73.0 Å². The standard InChI is InChI=1S/C23H22N4O2S/c1-17-25-26-23(27(17)15-18-7-3-2-4-8-18)30-16-19-9-5-10-20(13-19)22(28)24-14-21-11-6-12-29-21/h2-13H,14-16H2,1H3,(H,24,28). The van der Waals surface area contributed by atoms with Crippen molar-refractivity contribution in [3.8, 4) is 0 Å². The number of amides is 1. The fourth-order valence-electron chi connectivity index (χ4n) is 3.05. The molecule has 1 N–H and O–H groups in total. The van der Waals surface area contributed by atoms with E-state index in [1.165, 1.54) is 5.56 Å². The van der Waals surface area contributed by atoms with Gasteiger partial charge in [0, 0.05) is 11.3 Å². The summed E-state index contributed by atoms with van der Waals surface area (Å²) in [4.78, 5) is 12.4. The molecule has 1 amide bonds. The molecule has 4 aromatic rings. The van der Waals surface area contributed by atoms with Gasteiger partial charge >= 0.3 is 0 Å². The second-order valence-corrected chi connectivity index (χ2v) is 7.80. The number of nitrogens with zero attached hydrogens (tertiary/aromatic N) is 3. The highest BCUT2D eigenvalue weighted by atomic mass is 32.2. The fraction of sp³-hybridized carbons (Fsp3) is 0.174. The summed E-state index contributed by atoms with van der Waals surface area (Å²) in [6.07, 6.45) is 1.59. The lowest BCUT2D eigenvalue weighted by atomic mass is 10.1. The van der Waals surface area contributed by atoms with E-state index in [1.54, 1.807) is 24.1 Å². The summed E-state index contributed by atoms with van der Waals surface area (Å²) < 4.78 is 7.36. The maximum absolute atomic E-state index is 12.4. The highest BCUT2D eigenvalue weighted by molar-refractivity contribution is 7.98. The predicted octanol–water partition coefficient (Wildman–Crippen LogP) is 4.45. The molecule has 0 saturated heterocycles. The van der Waals surface area contributed by atoms with Gasteiger partial charge in [-0.25, -0.2) is 0 Å². The molecule has 4 rings (SSSR count). The van der Waals surface area contributed by atoms with E-state index in [9.17, 15) is 4.79 Å². The van der Waals surface area contributed by atoms with Crippen LogP contribution in [0.5, 0.6) is 0 Å². The highest BCUT2D eigenvalue weighted by Gasteiger charge is 2.12. The van der Waals surface area contributed by atoms with Crippen LogP contribution in [-0.4, -0.2) is 20.7 Å². The number of thioether (sulfide) groups is 1. The molecule has 2 aromatic carbocycles. The number of hydrogen-bond acceptors (Lipinski definition) is 5. The van der Waals surface area contributed by atoms with Crippen molar-refractivity contribution in [3.05, 3.63) is 101 Å². The Morgan fingerprint density at radius 3 is 2.67 bits per heavy atom. The minimum atomic E-state index is -0.124. The average Bonchev–Trinajstić information content (AvgIpc) is 3.42. The molecule has 2 heterocycles. The molecule has 0 fully saturated rings. The summed E-state index contributed by atoms with van der Waals surface area (Å²) in [6, 6.07) is 21.5. The van der Waals surface area contributed by atoms with Crippen LogP contribution in [0.3, 0.4) is 0 Å². The van der Waals surface area contributed by atoms with Gasteiger partial charge in [-0.3, -0.25) is 4.79 Å². The number of furan rings is 1. The maximum atomic E-state index is 12.4. The summed E-state index contributed by atoms with van der Waals surface area (Å²) in [5.74, 6) is 2.18. The van der Waals surface area contributed by atoms with Crippen molar-refractivity contribution in [1.29, 1.82) is 0 Å². The molecule has 0 aliphatic rings. The van der Waals surface area contributed by atoms with Crippen molar-refractivity contribution in [2.24, 2.45) is 0 Å². The number of carbonyl (C=O) groups is 1. The van der Waals surface area contributed by atoms with E-state index in [4.69, 9.17) is 4.42 Å². The van der Waals surface area contributed by atoms with Crippen molar-refractivity contribution >= 4 is 17.7 Å². The van der Waals surface area contributed by atoms with Crippen LogP contribution < -0.4 is 5.32 Å². The molecule has 30 heavy (non-hydrogen) atoms. The van der Waals surface area contributed by atoms with Gasteiger partial charge in [0.05, 0.1) is 19.4 Å². The lowest BCUT2D eigenvalue weighted by Gasteiger charge is -2.09. The molecule has 0 radical (unpaired) electrons. The van der Waals surface area contributed by atoms with Gasteiger partial charge in [-0.2, -0.15) is 0 Å². The van der Waals surface area contributed by atoms with Gasteiger partial charge in [0.25, 0.3) is 5.91 Å². The first-order chi connectivity index (χ1) is 14.7. The van der Waals surface area contributed by atoms with Crippen LogP contribution in [0, 0.1) is 6.92 Å². The van der Waals surface area contributed by atoms with E-state index in [0.29, 0.717) is 17.9 Å². The SMILES string of the molecule is Cc1nnc(SCc2cccc(C(=O)NCc3ccco3)c2)n1Cc1ccccc1. The molecule has 6 nitrogen and oxygen atoms in total. The van der Waals surface area contributed by atoms with Crippen molar-refractivity contribution in [2.45, 2.75) is 30.9 Å². The van der Waals surface area contributed by atoms with Crippen LogP contribution >= 0.6 is 11.8 Å². The molecular weight excluding hydrogens is 396 g/mol. The number of benzene rings is 2. The van der Waals surface area contributed by atoms with Gasteiger partial charge in [0.15, 0.2) is 5.16 Å². The van der Waals surface area contributed by atoms with Gasteiger partial charge in [-0.1, -0.05) is 54.2 Å². The zero-order chi connectivity index (χ0) is 20.8. The third kappa shape index (κ3) is 4.99. The quantitative estimate of drug-likeness (QED) is 0.428. The molecule has 0 saturated carbocycles. The van der Waals surface area contributed by atoms with E-state index in [2.05, 4.69) is 32.2 Å². The number of nitrogens with one attached hydrogen (secondary N) is 1. The fourth-order valence-corrected chi connectivity index (χ4v) is 3.98. The van der Waals surface area contributed by atoms with Crippen molar-refractivity contribution in [2.75, 3.05) is 0 Å². The normalized spacial score (nSPS) is 10.8. The maximum Gasteiger partial charge on any atom is 0.251 e. The Bertz CT molecular complexity index is 1110. The van der Waals surface area contributed by atoms with Crippen LogP contribution in [0.2, 0.25) is 0 Å². The van der Waals surface area contributed by atoms with Crippen molar-refractivity contribution in [3.63, 3.8) is 0 Å². The first kappa shape index (κ1) is 20.0. The van der Waals surface area contributed by atoms with Crippen LogP contribution in [0.1, 0.15) is 33.1 Å². The van der Waals surface area contributed by atoms with Crippen molar-refractivity contribution in [1.82, 2.24) is 20.1 Å². The van der Waals surface area contributed by atoms with Gasteiger partial charge in [-0.05, 0) is 42.3 Å². The summed E-state index contributed by atoms with van der Waals surface area (Å²) in [7, 11) is 0. The molecular formula is C23H22N4O2S. The van der Waals surface area contributed by atoms with Crippen molar-refractivity contribution < 1.29 is 9.21 Å². The number of carbonyl (C=O) groups excluding carboxylic acids is 1. The minimum Gasteiger partial charge on any atom is -0.467 e.